The van der Waals surface area contributed by atoms with E-state index in [1.165, 1.54) is 22.5 Å². The monoisotopic (exact) mass is 394 g/mol. The van der Waals surface area contributed by atoms with Crippen molar-refractivity contribution in [3.8, 4) is 5.75 Å². The third-order valence-electron chi connectivity index (χ3n) is 3.73. The zero-order valence-electron chi connectivity index (χ0n) is 15.8. The van der Waals surface area contributed by atoms with Crippen molar-refractivity contribution in [2.24, 2.45) is 0 Å². The summed E-state index contributed by atoms with van der Waals surface area (Å²) in [7, 11) is -3.67. The van der Waals surface area contributed by atoms with Crippen molar-refractivity contribution in [2.75, 3.05) is 31.6 Å². The number of ether oxygens (including phenoxy) is 2. The Morgan fingerprint density at radius 1 is 1.26 bits per heavy atom. The van der Waals surface area contributed by atoms with Crippen LogP contribution < -0.4 is 10.1 Å². The van der Waals surface area contributed by atoms with E-state index < -0.39 is 10.0 Å². The fraction of sp³-hybridized carbons (Fsp3) is 0.421. The molecule has 1 aliphatic rings. The Kier molecular flexibility index (Phi) is 7.58. The van der Waals surface area contributed by atoms with Crippen molar-refractivity contribution in [3.05, 3.63) is 42.5 Å². The third kappa shape index (κ3) is 5.92. The zero-order valence-corrected chi connectivity index (χ0v) is 16.7. The number of hydrogen-bond acceptors (Lipinski definition) is 5. The summed E-state index contributed by atoms with van der Waals surface area (Å²) >= 11 is 0. The van der Waals surface area contributed by atoms with Crippen LogP contribution in [-0.4, -0.2) is 51.0 Å². The molecule has 0 aromatic heterocycles. The molecule has 0 spiro atoms. The minimum Gasteiger partial charge on any atom is -0.489 e. The molecule has 1 aromatic rings. The minimum absolute atomic E-state index is 0.105. The topological polar surface area (TPSA) is 84.9 Å². The number of amides is 1. The fourth-order valence-electron chi connectivity index (χ4n) is 2.49. The maximum atomic E-state index is 12.9. The molecule has 8 heteroatoms. The summed E-state index contributed by atoms with van der Waals surface area (Å²) in [5.74, 6) is 0.0429. The van der Waals surface area contributed by atoms with Crippen LogP contribution in [0.1, 0.15) is 20.8 Å². The number of morpholine rings is 1. The molecule has 1 fully saturated rings. The molecule has 27 heavy (non-hydrogen) atoms. The second-order valence-electron chi connectivity index (χ2n) is 6.22. The highest BCUT2D eigenvalue weighted by molar-refractivity contribution is 7.89. The average Bonchev–Trinajstić information content (AvgIpc) is 2.63. The van der Waals surface area contributed by atoms with Crippen molar-refractivity contribution < 1.29 is 22.7 Å². The molecule has 0 bridgehead atoms. The van der Waals surface area contributed by atoms with E-state index in [0.29, 0.717) is 37.7 Å². The number of rotatable bonds is 7. The van der Waals surface area contributed by atoms with Gasteiger partial charge in [0.15, 0.2) is 0 Å². The molecule has 0 saturated carbocycles. The quantitative estimate of drug-likeness (QED) is 0.567. The zero-order chi connectivity index (χ0) is 19.9. The molecule has 1 N–H and O–H groups in total. The van der Waals surface area contributed by atoms with Crippen molar-refractivity contribution in [3.63, 3.8) is 0 Å². The van der Waals surface area contributed by atoms with Crippen molar-refractivity contribution in [1.82, 2.24) is 4.31 Å². The fourth-order valence-corrected chi connectivity index (χ4v) is 3.92. The summed E-state index contributed by atoms with van der Waals surface area (Å²) in [4.78, 5) is 12.2. The van der Waals surface area contributed by atoms with Gasteiger partial charge in [-0.3, -0.25) is 4.79 Å². The number of nitrogens with one attached hydrogen (secondary N) is 1. The maximum absolute atomic E-state index is 12.9. The van der Waals surface area contributed by atoms with Gasteiger partial charge in [-0.25, -0.2) is 8.42 Å². The summed E-state index contributed by atoms with van der Waals surface area (Å²) < 4.78 is 38.0. The molecule has 148 valence electrons. The Morgan fingerprint density at radius 3 is 2.59 bits per heavy atom. The van der Waals surface area contributed by atoms with Gasteiger partial charge >= 0.3 is 0 Å². The molecule has 0 unspecified atom stereocenters. The van der Waals surface area contributed by atoms with Crippen LogP contribution in [0.25, 0.3) is 0 Å². The van der Waals surface area contributed by atoms with Gasteiger partial charge in [0.2, 0.25) is 15.9 Å². The van der Waals surface area contributed by atoms with E-state index >= 15 is 0 Å². The Balaban J connectivity index is 2.33. The maximum Gasteiger partial charge on any atom is 0.248 e. The molecule has 1 saturated heterocycles. The number of carbonyl (C=O) groups excluding carboxylic acids is 1. The van der Waals surface area contributed by atoms with Gasteiger partial charge < -0.3 is 14.8 Å². The number of carbonyl (C=O) groups is 1. The first-order chi connectivity index (χ1) is 12.8. The average molecular weight is 394 g/mol. The molecule has 1 aliphatic heterocycles. The first-order valence-electron chi connectivity index (χ1n) is 8.83. The van der Waals surface area contributed by atoms with E-state index in [1.54, 1.807) is 24.3 Å². The summed E-state index contributed by atoms with van der Waals surface area (Å²) in [6.45, 7) is 6.91. The molecule has 0 atom stereocenters. The molecule has 7 nitrogen and oxygen atoms in total. The molecule has 1 aromatic carbocycles. The van der Waals surface area contributed by atoms with E-state index in [4.69, 9.17) is 9.47 Å². The molecule has 1 amide bonds. The van der Waals surface area contributed by atoms with Crippen molar-refractivity contribution >= 4 is 21.6 Å². The van der Waals surface area contributed by atoms with E-state index in [1.807, 2.05) is 20.8 Å². The Labute approximate surface area is 160 Å². The van der Waals surface area contributed by atoms with E-state index in [9.17, 15) is 13.2 Å². The van der Waals surface area contributed by atoms with E-state index in [2.05, 4.69) is 5.32 Å². The Morgan fingerprint density at radius 2 is 1.96 bits per heavy atom. The second-order valence-corrected chi connectivity index (χ2v) is 8.15. The number of benzene rings is 1. The first-order valence-corrected chi connectivity index (χ1v) is 10.3. The predicted molar refractivity (Wildman–Crippen MR) is 104 cm³/mol. The van der Waals surface area contributed by atoms with E-state index in [0.717, 1.165) is 0 Å². The van der Waals surface area contributed by atoms with E-state index in [-0.39, 0.29) is 16.9 Å². The minimum atomic E-state index is -3.67. The van der Waals surface area contributed by atoms with Crippen LogP contribution in [0.15, 0.2) is 47.4 Å². The molecular formula is C19H26N2O5S. The summed E-state index contributed by atoms with van der Waals surface area (Å²) in [5, 5.41) is 2.70. The van der Waals surface area contributed by atoms with Gasteiger partial charge in [-0.15, -0.1) is 0 Å². The van der Waals surface area contributed by atoms with Crippen LogP contribution >= 0.6 is 0 Å². The van der Waals surface area contributed by atoms with Gasteiger partial charge in [0, 0.05) is 19.2 Å². The number of hydrogen-bond donors (Lipinski definition) is 1. The van der Waals surface area contributed by atoms with Gasteiger partial charge in [0.1, 0.15) is 5.75 Å². The van der Waals surface area contributed by atoms with Crippen LogP contribution in [0.4, 0.5) is 5.69 Å². The standard InChI is InChI=1S/C19H26N2O5S/c1-4-5-6-7-19(22)20-17-14-16(8-9-18(17)26-15(2)3)27(23,24)21-10-12-25-13-11-21/h4-9,14-15H,10-13H2,1-3H3,(H,20,22)/b5-4+,7-6+. The second kappa shape index (κ2) is 9.68. The normalized spacial score (nSPS) is 16.3. The van der Waals surface area contributed by atoms with Gasteiger partial charge in [-0.2, -0.15) is 4.31 Å². The predicted octanol–water partition coefficient (Wildman–Crippen LogP) is 2.57. The molecular weight excluding hydrogens is 368 g/mol. The van der Waals surface area contributed by atoms with Gasteiger partial charge in [0.05, 0.1) is 29.9 Å². The lowest BCUT2D eigenvalue weighted by Crippen LogP contribution is -2.40. The highest BCUT2D eigenvalue weighted by atomic mass is 32.2. The third-order valence-corrected chi connectivity index (χ3v) is 5.63. The number of sulfonamides is 1. The summed E-state index contributed by atoms with van der Waals surface area (Å²) in [5.41, 5.74) is 0.313. The largest absolute Gasteiger partial charge is 0.489 e. The summed E-state index contributed by atoms with van der Waals surface area (Å²) in [6, 6.07) is 4.50. The first kappa shape index (κ1) is 21.1. The molecule has 2 rings (SSSR count). The van der Waals surface area contributed by atoms with Crippen LogP contribution in [0.5, 0.6) is 5.75 Å². The summed E-state index contributed by atoms with van der Waals surface area (Å²) in [6.07, 6.45) is 6.37. The SMILES string of the molecule is C/C=C/C=C/C(=O)Nc1cc(S(=O)(=O)N2CCOCC2)ccc1OC(C)C. The lowest BCUT2D eigenvalue weighted by atomic mass is 10.2. The lowest BCUT2D eigenvalue weighted by Gasteiger charge is -2.26. The van der Waals surface area contributed by atoms with Crippen LogP contribution in [0.3, 0.4) is 0 Å². The number of nitrogens with zero attached hydrogens (tertiary/aromatic N) is 1. The Hall–Kier alpha value is -2.16. The highest BCUT2D eigenvalue weighted by Crippen LogP contribution is 2.30. The van der Waals surface area contributed by atoms with Crippen molar-refractivity contribution in [1.29, 1.82) is 0 Å². The van der Waals surface area contributed by atoms with Gasteiger partial charge in [-0.1, -0.05) is 18.2 Å². The lowest BCUT2D eigenvalue weighted by molar-refractivity contribution is -0.111. The number of anilines is 1. The van der Waals surface area contributed by atoms with Crippen LogP contribution in [-0.2, 0) is 19.6 Å². The number of allylic oxidation sites excluding steroid dienone is 3. The van der Waals surface area contributed by atoms with Crippen molar-refractivity contribution in [2.45, 2.75) is 31.8 Å². The van der Waals surface area contributed by atoms with Crippen LogP contribution in [0.2, 0.25) is 0 Å². The smallest absolute Gasteiger partial charge is 0.248 e. The molecule has 1 heterocycles. The highest BCUT2D eigenvalue weighted by Gasteiger charge is 2.27. The van der Waals surface area contributed by atoms with Gasteiger partial charge in [-0.05, 0) is 39.0 Å². The van der Waals surface area contributed by atoms with Gasteiger partial charge in [0.25, 0.3) is 0 Å². The Bertz CT molecular complexity index is 809. The molecule has 0 radical (unpaired) electrons. The molecule has 0 aliphatic carbocycles. The van der Waals surface area contributed by atoms with Crippen LogP contribution in [0, 0.1) is 0 Å².